The van der Waals surface area contributed by atoms with Crippen molar-refractivity contribution >= 4 is 11.7 Å². The second kappa shape index (κ2) is 7.06. The van der Waals surface area contributed by atoms with Crippen molar-refractivity contribution < 1.29 is 14.0 Å². The van der Waals surface area contributed by atoms with Crippen LogP contribution in [0.2, 0.25) is 0 Å². The molecule has 0 fully saturated rings. The van der Waals surface area contributed by atoms with E-state index in [1.54, 1.807) is 43.3 Å². The van der Waals surface area contributed by atoms with Crippen LogP contribution in [-0.4, -0.2) is 54.8 Å². The number of halogens is 1. The molecule has 0 radical (unpaired) electrons. The first-order valence-electron chi connectivity index (χ1n) is 7.07. The highest BCUT2D eigenvalue weighted by molar-refractivity contribution is 6.01. The summed E-state index contributed by atoms with van der Waals surface area (Å²) in [5.74, 6) is -0.321. The molecule has 1 aliphatic heterocycles. The van der Waals surface area contributed by atoms with Crippen LogP contribution < -0.4 is 0 Å². The number of carbonyl (C=O) groups is 1. The van der Waals surface area contributed by atoms with Gasteiger partial charge in [-0.15, -0.1) is 6.58 Å². The Morgan fingerprint density at radius 2 is 2.23 bits per heavy atom. The van der Waals surface area contributed by atoms with Gasteiger partial charge in [-0.25, -0.2) is 9.18 Å². The smallest absolute Gasteiger partial charge is 0.319 e. The molecule has 1 heterocycles. The molecule has 0 aliphatic carbocycles. The van der Waals surface area contributed by atoms with Crippen molar-refractivity contribution in [1.29, 1.82) is 0 Å². The van der Waals surface area contributed by atoms with Gasteiger partial charge in [0.15, 0.2) is 6.10 Å². The van der Waals surface area contributed by atoms with Crippen molar-refractivity contribution in [3.05, 3.63) is 48.3 Å². The normalized spacial score (nSPS) is 16.7. The molecule has 0 bridgehead atoms. The van der Waals surface area contributed by atoms with Gasteiger partial charge in [-0.05, 0) is 6.07 Å². The second-order valence-electron chi connectivity index (χ2n) is 5.32. The Labute approximate surface area is 129 Å². The summed E-state index contributed by atoms with van der Waals surface area (Å²) in [5, 5.41) is 3.96. The molecule has 0 aromatic heterocycles. The first-order valence-corrected chi connectivity index (χ1v) is 7.07. The van der Waals surface area contributed by atoms with E-state index in [0.717, 1.165) is 0 Å². The fourth-order valence-corrected chi connectivity index (χ4v) is 2.30. The van der Waals surface area contributed by atoms with Gasteiger partial charge in [-0.2, -0.15) is 0 Å². The third-order valence-electron chi connectivity index (χ3n) is 3.34. The Hall–Kier alpha value is -2.37. The predicted molar refractivity (Wildman–Crippen MR) is 83.3 cm³/mol. The Balaban J connectivity index is 2.01. The molecule has 0 spiro atoms. The summed E-state index contributed by atoms with van der Waals surface area (Å²) in [6.07, 6.45) is 1.85. The van der Waals surface area contributed by atoms with Crippen LogP contribution in [0.15, 0.2) is 42.1 Å². The molecule has 0 N–H and O–H groups in total. The summed E-state index contributed by atoms with van der Waals surface area (Å²) in [5.41, 5.74) is 1.01. The topological polar surface area (TPSA) is 45.1 Å². The molecular formula is C16H20FN3O2. The van der Waals surface area contributed by atoms with Crippen molar-refractivity contribution in [2.75, 3.05) is 27.2 Å². The SMILES string of the molecule is C=CCN(CC1CC(c2ccccc2F)=NO1)C(=O)N(C)C. The monoisotopic (exact) mass is 305 g/mol. The second-order valence-corrected chi connectivity index (χ2v) is 5.32. The molecule has 0 saturated carbocycles. The zero-order valence-electron chi connectivity index (χ0n) is 12.8. The highest BCUT2D eigenvalue weighted by Gasteiger charge is 2.27. The molecule has 1 aromatic rings. The summed E-state index contributed by atoms with van der Waals surface area (Å²) in [4.78, 5) is 20.6. The van der Waals surface area contributed by atoms with Gasteiger partial charge in [0.25, 0.3) is 0 Å². The van der Waals surface area contributed by atoms with Gasteiger partial charge >= 0.3 is 6.03 Å². The molecule has 22 heavy (non-hydrogen) atoms. The molecule has 1 aliphatic rings. The summed E-state index contributed by atoms with van der Waals surface area (Å²) in [7, 11) is 3.38. The summed E-state index contributed by atoms with van der Waals surface area (Å²) in [6.45, 7) is 4.46. The van der Waals surface area contributed by atoms with Gasteiger partial charge in [-0.3, -0.25) is 0 Å². The lowest BCUT2D eigenvalue weighted by Crippen LogP contribution is -2.43. The molecule has 0 saturated heterocycles. The van der Waals surface area contributed by atoms with Crippen molar-refractivity contribution in [2.45, 2.75) is 12.5 Å². The Morgan fingerprint density at radius 3 is 2.86 bits per heavy atom. The Morgan fingerprint density at radius 1 is 1.50 bits per heavy atom. The Bertz CT molecular complexity index is 587. The van der Waals surface area contributed by atoms with Crippen LogP contribution >= 0.6 is 0 Å². The lowest BCUT2D eigenvalue weighted by molar-refractivity contribution is 0.0594. The average molecular weight is 305 g/mol. The predicted octanol–water partition coefficient (Wildman–Crippen LogP) is 2.49. The third kappa shape index (κ3) is 3.63. The summed E-state index contributed by atoms with van der Waals surface area (Å²) < 4.78 is 13.8. The van der Waals surface area contributed by atoms with Gasteiger partial charge < -0.3 is 14.6 Å². The molecule has 2 amide bonds. The van der Waals surface area contributed by atoms with Crippen LogP contribution in [0.5, 0.6) is 0 Å². The number of carbonyl (C=O) groups excluding carboxylic acids is 1. The fraction of sp³-hybridized carbons (Fsp3) is 0.375. The minimum atomic E-state index is -0.321. The number of amides is 2. The maximum absolute atomic E-state index is 13.8. The van der Waals surface area contributed by atoms with E-state index >= 15 is 0 Å². The average Bonchev–Trinajstić information content (AvgIpc) is 2.94. The van der Waals surface area contributed by atoms with E-state index in [1.807, 2.05) is 0 Å². The number of nitrogens with zero attached hydrogens (tertiary/aromatic N) is 3. The highest BCUT2D eigenvalue weighted by Crippen LogP contribution is 2.19. The minimum absolute atomic E-state index is 0.122. The fourth-order valence-electron chi connectivity index (χ4n) is 2.30. The number of hydrogen-bond donors (Lipinski definition) is 0. The van der Waals surface area contributed by atoms with Crippen LogP contribution in [-0.2, 0) is 4.84 Å². The van der Waals surface area contributed by atoms with E-state index in [2.05, 4.69) is 11.7 Å². The zero-order valence-corrected chi connectivity index (χ0v) is 12.8. The van der Waals surface area contributed by atoms with Crippen LogP contribution in [0.1, 0.15) is 12.0 Å². The molecule has 1 atom stereocenters. The number of benzene rings is 1. The van der Waals surface area contributed by atoms with Crippen LogP contribution in [0.4, 0.5) is 9.18 Å². The van der Waals surface area contributed by atoms with Gasteiger partial charge in [0, 0.05) is 32.6 Å². The van der Waals surface area contributed by atoms with Crippen molar-refractivity contribution in [3.8, 4) is 0 Å². The lowest BCUT2D eigenvalue weighted by Gasteiger charge is -2.26. The van der Waals surface area contributed by atoms with E-state index in [1.165, 1.54) is 11.0 Å². The summed E-state index contributed by atoms with van der Waals surface area (Å²) >= 11 is 0. The molecule has 2 rings (SSSR count). The molecule has 118 valence electrons. The van der Waals surface area contributed by atoms with Gasteiger partial charge in [0.1, 0.15) is 5.82 Å². The Kier molecular flexibility index (Phi) is 5.14. The highest BCUT2D eigenvalue weighted by atomic mass is 19.1. The lowest BCUT2D eigenvalue weighted by atomic mass is 10.0. The van der Waals surface area contributed by atoms with E-state index in [4.69, 9.17) is 4.84 Å². The number of urea groups is 1. The maximum atomic E-state index is 13.8. The first-order chi connectivity index (χ1) is 10.5. The van der Waals surface area contributed by atoms with E-state index < -0.39 is 0 Å². The summed E-state index contributed by atoms with van der Waals surface area (Å²) in [6, 6.07) is 6.34. The zero-order chi connectivity index (χ0) is 16.1. The third-order valence-corrected chi connectivity index (χ3v) is 3.34. The van der Waals surface area contributed by atoms with Crippen molar-refractivity contribution in [3.63, 3.8) is 0 Å². The van der Waals surface area contributed by atoms with Crippen LogP contribution in [0.3, 0.4) is 0 Å². The van der Waals surface area contributed by atoms with Crippen molar-refractivity contribution in [2.24, 2.45) is 5.16 Å². The van der Waals surface area contributed by atoms with Gasteiger partial charge in [0.2, 0.25) is 0 Å². The largest absolute Gasteiger partial charge is 0.390 e. The minimum Gasteiger partial charge on any atom is -0.390 e. The number of oxime groups is 1. The molecule has 1 unspecified atom stereocenters. The van der Waals surface area contributed by atoms with E-state index in [-0.39, 0.29) is 18.0 Å². The van der Waals surface area contributed by atoms with Crippen LogP contribution in [0.25, 0.3) is 0 Å². The molecular weight excluding hydrogens is 285 g/mol. The molecule has 5 nitrogen and oxygen atoms in total. The number of rotatable bonds is 5. The van der Waals surface area contributed by atoms with Crippen molar-refractivity contribution in [1.82, 2.24) is 9.80 Å². The quantitative estimate of drug-likeness (QED) is 0.785. The van der Waals surface area contributed by atoms with Gasteiger partial charge in [-0.1, -0.05) is 29.4 Å². The molecule has 6 heteroatoms. The van der Waals surface area contributed by atoms with Crippen LogP contribution in [0, 0.1) is 5.82 Å². The first kappa shape index (κ1) is 16.0. The van der Waals surface area contributed by atoms with Gasteiger partial charge in [0.05, 0.1) is 12.3 Å². The van der Waals surface area contributed by atoms with E-state index in [9.17, 15) is 9.18 Å². The maximum Gasteiger partial charge on any atom is 0.319 e. The number of hydrogen-bond acceptors (Lipinski definition) is 3. The van der Waals surface area contributed by atoms with E-state index in [0.29, 0.717) is 30.8 Å². The standard InChI is InChI=1S/C16H20FN3O2/c1-4-9-20(16(21)19(2)3)11-12-10-15(18-22-12)13-7-5-6-8-14(13)17/h4-8,12H,1,9-11H2,2-3H3. The molecule has 1 aromatic carbocycles.